The molecule has 0 spiro atoms. The Kier molecular flexibility index (Phi) is 8.93. The lowest BCUT2D eigenvalue weighted by Crippen LogP contribution is -2.26. The van der Waals surface area contributed by atoms with Crippen molar-refractivity contribution in [2.45, 2.75) is 57.6 Å². The van der Waals surface area contributed by atoms with E-state index in [4.69, 9.17) is 19.2 Å². The van der Waals surface area contributed by atoms with Gasteiger partial charge in [0.05, 0.1) is 25.4 Å². The van der Waals surface area contributed by atoms with E-state index in [0.29, 0.717) is 24.5 Å². The summed E-state index contributed by atoms with van der Waals surface area (Å²) in [5.74, 6) is 2.11. The van der Waals surface area contributed by atoms with Crippen LogP contribution in [0.3, 0.4) is 0 Å². The second kappa shape index (κ2) is 11.7. The van der Waals surface area contributed by atoms with Crippen molar-refractivity contribution in [3.63, 3.8) is 0 Å². The Bertz CT molecular complexity index is 804. The Hall–Kier alpha value is -1.89. The van der Waals surface area contributed by atoms with Crippen molar-refractivity contribution >= 4 is 18.4 Å². The van der Waals surface area contributed by atoms with Crippen LogP contribution in [0, 0.1) is 5.92 Å². The Balaban J connectivity index is 0.00000272. The van der Waals surface area contributed by atoms with E-state index in [1.54, 1.807) is 7.11 Å². The zero-order valence-corrected chi connectivity index (χ0v) is 19.3. The molecule has 2 aliphatic rings. The average molecular weight is 448 g/mol. The zero-order valence-electron chi connectivity index (χ0n) is 18.5. The molecule has 7 heteroatoms. The van der Waals surface area contributed by atoms with E-state index in [9.17, 15) is 0 Å². The molecule has 1 atom stereocenters. The molecule has 1 aromatic heterocycles. The summed E-state index contributed by atoms with van der Waals surface area (Å²) in [6.07, 6.45) is 8.58. The normalized spacial score (nSPS) is 23.2. The maximum Gasteiger partial charge on any atom is 0.226 e. The fourth-order valence-corrected chi connectivity index (χ4v) is 4.15. The molecule has 2 aromatic rings. The number of halogens is 1. The predicted octanol–water partition coefficient (Wildman–Crippen LogP) is 4.91. The minimum absolute atomic E-state index is 0. The van der Waals surface area contributed by atoms with Crippen LogP contribution in [0.25, 0.3) is 11.1 Å². The maximum absolute atomic E-state index is 6.27. The number of nitrogens with zero attached hydrogens (tertiary/aromatic N) is 2. The number of aromatic nitrogens is 2. The van der Waals surface area contributed by atoms with Crippen molar-refractivity contribution in [1.82, 2.24) is 9.97 Å². The van der Waals surface area contributed by atoms with Crippen molar-refractivity contribution in [3.05, 3.63) is 36.0 Å². The number of nitrogens with one attached hydrogen (secondary N) is 1. The zero-order chi connectivity index (χ0) is 20.8. The van der Waals surface area contributed by atoms with Gasteiger partial charge < -0.3 is 19.5 Å². The number of benzene rings is 1. The Morgan fingerprint density at radius 3 is 2.55 bits per heavy atom. The molecule has 1 saturated heterocycles. The summed E-state index contributed by atoms with van der Waals surface area (Å²) in [6.45, 7) is 4.41. The molecule has 0 amide bonds. The number of hydrogen-bond donors (Lipinski definition) is 1. The summed E-state index contributed by atoms with van der Waals surface area (Å²) in [7, 11) is 1.73. The first-order valence-electron chi connectivity index (χ1n) is 11.2. The van der Waals surface area contributed by atoms with Crippen LogP contribution in [0.1, 0.15) is 44.6 Å². The van der Waals surface area contributed by atoms with Crippen LogP contribution in [0.5, 0.6) is 5.88 Å². The quantitative estimate of drug-likeness (QED) is 0.620. The molecule has 0 radical (unpaired) electrons. The van der Waals surface area contributed by atoms with E-state index < -0.39 is 0 Å². The summed E-state index contributed by atoms with van der Waals surface area (Å²) in [6, 6.07) is 8.92. The minimum Gasteiger partial charge on any atom is -0.471 e. The third kappa shape index (κ3) is 6.55. The third-order valence-electron chi connectivity index (χ3n) is 6.13. The van der Waals surface area contributed by atoms with Crippen LogP contribution in [-0.2, 0) is 15.9 Å². The number of hydrogen-bond acceptors (Lipinski definition) is 6. The van der Waals surface area contributed by atoms with E-state index in [-0.39, 0.29) is 18.5 Å². The van der Waals surface area contributed by atoms with Gasteiger partial charge in [0, 0.05) is 25.8 Å². The number of anilines is 1. The highest BCUT2D eigenvalue weighted by atomic mass is 35.5. The molecule has 1 aliphatic heterocycles. The minimum atomic E-state index is 0. The van der Waals surface area contributed by atoms with E-state index >= 15 is 0 Å². The molecular weight excluding hydrogens is 414 g/mol. The molecule has 1 N–H and O–H groups in total. The summed E-state index contributed by atoms with van der Waals surface area (Å²) in [5, 5.41) is 3.53. The van der Waals surface area contributed by atoms with E-state index in [0.717, 1.165) is 43.1 Å². The fourth-order valence-electron chi connectivity index (χ4n) is 4.15. The van der Waals surface area contributed by atoms with Gasteiger partial charge in [0.1, 0.15) is 6.10 Å². The molecule has 1 aromatic carbocycles. The van der Waals surface area contributed by atoms with Crippen molar-refractivity contribution < 1.29 is 14.2 Å². The van der Waals surface area contributed by atoms with Crippen LogP contribution in [-0.4, -0.2) is 49.0 Å². The van der Waals surface area contributed by atoms with Crippen LogP contribution in [0.4, 0.5) is 5.95 Å². The van der Waals surface area contributed by atoms with Gasteiger partial charge in [-0.1, -0.05) is 31.2 Å². The Morgan fingerprint density at radius 1 is 1.10 bits per heavy atom. The second-order valence-electron chi connectivity index (χ2n) is 8.56. The maximum atomic E-state index is 6.27. The van der Waals surface area contributed by atoms with E-state index in [2.05, 4.69) is 41.5 Å². The third-order valence-corrected chi connectivity index (χ3v) is 6.13. The first-order valence-corrected chi connectivity index (χ1v) is 11.2. The lowest BCUT2D eigenvalue weighted by molar-refractivity contribution is 0.138. The lowest BCUT2D eigenvalue weighted by atomic mass is 9.87. The highest BCUT2D eigenvalue weighted by Gasteiger charge is 2.23. The molecule has 1 saturated carbocycles. The number of methoxy groups -OCH3 is 1. The fraction of sp³-hybridized carbons (Fsp3) is 0.583. The van der Waals surface area contributed by atoms with Crippen LogP contribution in [0.15, 0.2) is 30.5 Å². The van der Waals surface area contributed by atoms with E-state index in [1.165, 1.54) is 31.2 Å². The molecule has 1 aliphatic carbocycles. The topological polar surface area (TPSA) is 65.5 Å². The van der Waals surface area contributed by atoms with Crippen molar-refractivity contribution in [1.29, 1.82) is 0 Å². The predicted molar refractivity (Wildman–Crippen MR) is 125 cm³/mol. The number of ether oxygens (including phenoxy) is 3. The van der Waals surface area contributed by atoms with Gasteiger partial charge in [-0.05, 0) is 49.1 Å². The smallest absolute Gasteiger partial charge is 0.226 e. The Labute approximate surface area is 191 Å². The van der Waals surface area contributed by atoms with Gasteiger partial charge in [0.25, 0.3) is 0 Å². The second-order valence-corrected chi connectivity index (χ2v) is 8.56. The number of rotatable bonds is 8. The van der Waals surface area contributed by atoms with Gasteiger partial charge in [0.15, 0.2) is 0 Å². The summed E-state index contributed by atoms with van der Waals surface area (Å²) >= 11 is 0. The van der Waals surface area contributed by atoms with Gasteiger partial charge >= 0.3 is 0 Å². The van der Waals surface area contributed by atoms with Crippen LogP contribution >= 0.6 is 12.4 Å². The van der Waals surface area contributed by atoms with Crippen molar-refractivity contribution in [3.8, 4) is 17.0 Å². The van der Waals surface area contributed by atoms with Gasteiger partial charge in [-0.15, -0.1) is 12.4 Å². The standard InChI is InChI=1S/C24H33N3O3.ClH/c1-17-3-9-20(10-4-17)26-24-25-15-22(23(27-24)30-21-12-14-29-16-21)19-7-5-18(6-8-19)11-13-28-2;/h5-8,15,17,20-21H,3-4,9-14,16H2,1-2H3,(H,25,26,27);1H/t17-,20+,21-;/m1./s1. The van der Waals surface area contributed by atoms with Gasteiger partial charge in [-0.3, -0.25) is 0 Å². The molecule has 170 valence electrons. The summed E-state index contributed by atoms with van der Waals surface area (Å²) in [5.41, 5.74) is 3.23. The van der Waals surface area contributed by atoms with Crippen molar-refractivity contribution in [2.75, 3.05) is 32.2 Å². The molecular formula is C24H34ClN3O3. The summed E-state index contributed by atoms with van der Waals surface area (Å²) < 4.78 is 16.9. The van der Waals surface area contributed by atoms with Gasteiger partial charge in [-0.25, -0.2) is 4.98 Å². The molecule has 2 fully saturated rings. The van der Waals surface area contributed by atoms with E-state index in [1.807, 2.05) is 6.20 Å². The van der Waals surface area contributed by atoms with Crippen LogP contribution < -0.4 is 10.1 Å². The van der Waals surface area contributed by atoms with Gasteiger partial charge in [-0.2, -0.15) is 4.98 Å². The largest absolute Gasteiger partial charge is 0.471 e. The monoisotopic (exact) mass is 447 g/mol. The first-order chi connectivity index (χ1) is 14.7. The molecule has 6 nitrogen and oxygen atoms in total. The SMILES string of the molecule is COCCc1ccc(-c2cnc(N[C@H]3CC[C@@H](C)CC3)nc2O[C@@H]2CCOC2)cc1.Cl. The molecule has 4 rings (SSSR count). The molecule has 0 bridgehead atoms. The Morgan fingerprint density at radius 2 is 1.87 bits per heavy atom. The molecule has 31 heavy (non-hydrogen) atoms. The first kappa shape index (κ1) is 23.8. The summed E-state index contributed by atoms with van der Waals surface area (Å²) in [4.78, 5) is 9.40. The van der Waals surface area contributed by atoms with Crippen LogP contribution in [0.2, 0.25) is 0 Å². The molecule has 2 heterocycles. The average Bonchev–Trinajstić information content (AvgIpc) is 3.28. The van der Waals surface area contributed by atoms with Crippen molar-refractivity contribution in [2.24, 2.45) is 5.92 Å². The highest BCUT2D eigenvalue weighted by Crippen LogP contribution is 2.32. The lowest BCUT2D eigenvalue weighted by Gasteiger charge is -2.27. The molecule has 0 unspecified atom stereocenters. The van der Waals surface area contributed by atoms with Gasteiger partial charge in [0.2, 0.25) is 11.8 Å². The highest BCUT2D eigenvalue weighted by molar-refractivity contribution is 5.85.